The van der Waals surface area contributed by atoms with Gasteiger partial charge in [0.2, 0.25) is 5.91 Å². The molecule has 0 aliphatic carbocycles. The molecule has 0 atom stereocenters. The summed E-state index contributed by atoms with van der Waals surface area (Å²) >= 11 is 0. The monoisotopic (exact) mass is 324 g/mol. The minimum Gasteiger partial charge on any atom is -0.378 e. The number of carbonyl (C=O) groups excluding carboxylic acids is 1. The van der Waals surface area contributed by atoms with E-state index in [-0.39, 0.29) is 5.91 Å². The van der Waals surface area contributed by atoms with Crippen LogP contribution in [0.4, 0.5) is 11.4 Å². The molecule has 3 rings (SSSR count). The minimum absolute atomic E-state index is 0.0515. The lowest BCUT2D eigenvalue weighted by Gasteiger charge is -2.28. The Morgan fingerprint density at radius 3 is 2.58 bits per heavy atom. The highest BCUT2D eigenvalue weighted by atomic mass is 16.5. The van der Waals surface area contributed by atoms with Gasteiger partial charge in [0.25, 0.3) is 0 Å². The number of hydrogen-bond acceptors (Lipinski definition) is 3. The van der Waals surface area contributed by atoms with Gasteiger partial charge in [-0.1, -0.05) is 29.8 Å². The maximum atomic E-state index is 12.1. The zero-order valence-electron chi connectivity index (χ0n) is 14.1. The van der Waals surface area contributed by atoms with Crippen LogP contribution in [0.15, 0.2) is 48.5 Å². The van der Waals surface area contributed by atoms with Crippen molar-refractivity contribution < 1.29 is 9.53 Å². The van der Waals surface area contributed by atoms with Crippen molar-refractivity contribution >= 4 is 17.3 Å². The van der Waals surface area contributed by atoms with Crippen LogP contribution in [0.1, 0.15) is 17.5 Å². The maximum Gasteiger partial charge on any atom is 0.224 e. The normalized spacial score (nSPS) is 14.5. The Morgan fingerprint density at radius 2 is 1.88 bits per heavy atom. The standard InChI is InChI=1S/C20H24N2O2/c1-16-3-2-4-17(15-16)5-10-20(23)21-18-6-8-19(9-7-18)22-11-13-24-14-12-22/h2-4,6-9,15H,5,10-14H2,1H3,(H,21,23). The van der Waals surface area contributed by atoms with E-state index in [1.165, 1.54) is 16.8 Å². The second-order valence-corrected chi connectivity index (χ2v) is 6.18. The number of morpholine rings is 1. The Labute approximate surface area is 143 Å². The van der Waals surface area contributed by atoms with Crippen molar-refractivity contribution in [2.45, 2.75) is 19.8 Å². The van der Waals surface area contributed by atoms with Crippen molar-refractivity contribution in [3.8, 4) is 0 Å². The molecule has 1 N–H and O–H groups in total. The molecule has 0 bridgehead atoms. The van der Waals surface area contributed by atoms with Crippen LogP contribution >= 0.6 is 0 Å². The number of hydrogen-bond donors (Lipinski definition) is 1. The molecule has 2 aromatic carbocycles. The van der Waals surface area contributed by atoms with Crippen LogP contribution in [0.3, 0.4) is 0 Å². The summed E-state index contributed by atoms with van der Waals surface area (Å²) in [5.41, 5.74) is 4.46. The van der Waals surface area contributed by atoms with Gasteiger partial charge in [0.15, 0.2) is 0 Å². The summed E-state index contributed by atoms with van der Waals surface area (Å²) in [7, 11) is 0. The second-order valence-electron chi connectivity index (χ2n) is 6.18. The lowest BCUT2D eigenvalue weighted by atomic mass is 10.1. The molecule has 1 saturated heterocycles. The van der Waals surface area contributed by atoms with Crippen LogP contribution < -0.4 is 10.2 Å². The maximum absolute atomic E-state index is 12.1. The molecular formula is C20H24N2O2. The second kappa shape index (κ2) is 7.97. The van der Waals surface area contributed by atoms with Crippen LogP contribution in [-0.2, 0) is 16.0 Å². The minimum atomic E-state index is 0.0515. The van der Waals surface area contributed by atoms with E-state index in [1.54, 1.807) is 0 Å². The van der Waals surface area contributed by atoms with E-state index in [0.717, 1.165) is 38.4 Å². The van der Waals surface area contributed by atoms with Crippen molar-refractivity contribution in [1.82, 2.24) is 0 Å². The Hall–Kier alpha value is -2.33. The van der Waals surface area contributed by atoms with Gasteiger partial charge in [-0.25, -0.2) is 0 Å². The lowest BCUT2D eigenvalue weighted by molar-refractivity contribution is -0.116. The quantitative estimate of drug-likeness (QED) is 0.916. The lowest BCUT2D eigenvalue weighted by Crippen LogP contribution is -2.36. The van der Waals surface area contributed by atoms with Gasteiger partial charge >= 0.3 is 0 Å². The highest BCUT2D eigenvalue weighted by molar-refractivity contribution is 5.91. The average Bonchev–Trinajstić information content (AvgIpc) is 2.61. The van der Waals surface area contributed by atoms with Crippen molar-refractivity contribution in [3.05, 3.63) is 59.7 Å². The van der Waals surface area contributed by atoms with E-state index in [0.29, 0.717) is 6.42 Å². The Morgan fingerprint density at radius 1 is 1.12 bits per heavy atom. The molecule has 24 heavy (non-hydrogen) atoms. The number of nitrogens with one attached hydrogen (secondary N) is 1. The molecular weight excluding hydrogens is 300 g/mol. The first-order valence-corrected chi connectivity index (χ1v) is 8.49. The van der Waals surface area contributed by atoms with Gasteiger partial charge in [-0.2, -0.15) is 0 Å². The third-order valence-corrected chi connectivity index (χ3v) is 4.25. The highest BCUT2D eigenvalue weighted by Gasteiger charge is 2.11. The SMILES string of the molecule is Cc1cccc(CCC(=O)Nc2ccc(N3CCOCC3)cc2)c1. The van der Waals surface area contributed by atoms with E-state index >= 15 is 0 Å². The summed E-state index contributed by atoms with van der Waals surface area (Å²) in [5.74, 6) is 0.0515. The van der Waals surface area contributed by atoms with Gasteiger partial charge in [-0.05, 0) is 43.2 Å². The molecule has 0 unspecified atom stereocenters. The summed E-state index contributed by atoms with van der Waals surface area (Å²) < 4.78 is 5.37. The highest BCUT2D eigenvalue weighted by Crippen LogP contribution is 2.19. The van der Waals surface area contributed by atoms with Crippen LogP contribution in [-0.4, -0.2) is 32.2 Å². The first kappa shape index (κ1) is 16.5. The molecule has 1 fully saturated rings. The Bertz CT molecular complexity index is 676. The fourth-order valence-corrected chi connectivity index (χ4v) is 2.93. The average molecular weight is 324 g/mol. The van der Waals surface area contributed by atoms with Gasteiger partial charge in [-0.15, -0.1) is 0 Å². The van der Waals surface area contributed by atoms with E-state index in [4.69, 9.17) is 4.74 Å². The predicted molar refractivity (Wildman–Crippen MR) is 97.6 cm³/mol. The first-order valence-electron chi connectivity index (χ1n) is 8.49. The molecule has 1 aliphatic rings. The zero-order valence-corrected chi connectivity index (χ0v) is 14.1. The van der Waals surface area contributed by atoms with Gasteiger partial charge < -0.3 is 15.0 Å². The molecule has 0 saturated carbocycles. The molecule has 1 amide bonds. The molecule has 0 aromatic heterocycles. The summed E-state index contributed by atoms with van der Waals surface area (Å²) in [5, 5.41) is 2.97. The molecule has 0 spiro atoms. The van der Waals surface area contributed by atoms with Crippen molar-refractivity contribution in [3.63, 3.8) is 0 Å². The van der Waals surface area contributed by atoms with Gasteiger partial charge in [0.1, 0.15) is 0 Å². The van der Waals surface area contributed by atoms with Crippen LogP contribution in [0.5, 0.6) is 0 Å². The largest absolute Gasteiger partial charge is 0.378 e. The smallest absolute Gasteiger partial charge is 0.224 e. The van der Waals surface area contributed by atoms with Gasteiger partial charge in [0.05, 0.1) is 13.2 Å². The summed E-state index contributed by atoms with van der Waals surface area (Å²) in [4.78, 5) is 14.4. The zero-order chi connectivity index (χ0) is 16.8. The number of benzene rings is 2. The summed E-state index contributed by atoms with van der Waals surface area (Å²) in [6.07, 6.45) is 1.26. The number of anilines is 2. The first-order chi connectivity index (χ1) is 11.7. The van der Waals surface area contributed by atoms with E-state index in [2.05, 4.69) is 47.5 Å². The van der Waals surface area contributed by atoms with Crippen LogP contribution in [0.25, 0.3) is 0 Å². The Kier molecular flexibility index (Phi) is 5.49. The molecule has 1 heterocycles. The fraction of sp³-hybridized carbons (Fsp3) is 0.350. The van der Waals surface area contributed by atoms with E-state index < -0.39 is 0 Å². The van der Waals surface area contributed by atoms with Gasteiger partial charge in [-0.3, -0.25) is 4.79 Å². The molecule has 2 aromatic rings. The number of carbonyl (C=O) groups is 1. The topological polar surface area (TPSA) is 41.6 Å². The van der Waals surface area contributed by atoms with Gasteiger partial charge in [0, 0.05) is 30.9 Å². The third kappa shape index (κ3) is 4.59. The summed E-state index contributed by atoms with van der Waals surface area (Å²) in [6, 6.07) is 16.3. The molecule has 126 valence electrons. The molecule has 0 radical (unpaired) electrons. The van der Waals surface area contributed by atoms with Crippen molar-refractivity contribution in [2.75, 3.05) is 36.5 Å². The van der Waals surface area contributed by atoms with Crippen molar-refractivity contribution in [1.29, 1.82) is 0 Å². The number of nitrogens with zero attached hydrogens (tertiary/aromatic N) is 1. The fourth-order valence-electron chi connectivity index (χ4n) is 2.93. The molecule has 4 heteroatoms. The third-order valence-electron chi connectivity index (χ3n) is 4.25. The number of rotatable bonds is 5. The van der Waals surface area contributed by atoms with E-state index in [1.807, 2.05) is 18.2 Å². The summed E-state index contributed by atoms with van der Waals surface area (Å²) in [6.45, 7) is 5.46. The number of aryl methyl sites for hydroxylation is 2. The molecule has 4 nitrogen and oxygen atoms in total. The predicted octanol–water partition coefficient (Wildman–Crippen LogP) is 3.40. The molecule has 1 aliphatic heterocycles. The van der Waals surface area contributed by atoms with Crippen LogP contribution in [0.2, 0.25) is 0 Å². The van der Waals surface area contributed by atoms with Crippen LogP contribution in [0, 0.1) is 6.92 Å². The number of ether oxygens (including phenoxy) is 1. The van der Waals surface area contributed by atoms with Crippen molar-refractivity contribution in [2.24, 2.45) is 0 Å². The van der Waals surface area contributed by atoms with E-state index in [9.17, 15) is 4.79 Å². The number of amides is 1. The Balaban J connectivity index is 1.50.